The van der Waals surface area contributed by atoms with Crippen molar-refractivity contribution in [2.45, 2.75) is 26.8 Å². The van der Waals surface area contributed by atoms with Gasteiger partial charge in [0.25, 0.3) is 0 Å². The molecule has 0 aliphatic rings. The smallest absolute Gasteiger partial charge is 0.409 e. The van der Waals surface area contributed by atoms with E-state index in [2.05, 4.69) is 4.74 Å². The molecule has 0 aromatic rings. The molecule has 0 saturated heterocycles. The zero-order valence-corrected chi connectivity index (χ0v) is 9.33. The second kappa shape index (κ2) is 4.30. The maximum atomic E-state index is 11.2. The third-order valence-corrected chi connectivity index (χ3v) is 1.94. The van der Waals surface area contributed by atoms with Crippen molar-refractivity contribution in [1.82, 2.24) is 4.90 Å². The summed E-state index contributed by atoms with van der Waals surface area (Å²) in [6.45, 7) is 5.51. The molecule has 2 N–H and O–H groups in total. The van der Waals surface area contributed by atoms with Crippen molar-refractivity contribution in [1.29, 1.82) is 0 Å². The van der Waals surface area contributed by atoms with Gasteiger partial charge in [-0.3, -0.25) is 9.69 Å². The predicted molar refractivity (Wildman–Crippen MR) is 52.6 cm³/mol. The van der Waals surface area contributed by atoms with Gasteiger partial charge in [-0.1, -0.05) is 20.8 Å². The summed E-state index contributed by atoms with van der Waals surface area (Å²) in [5, 5.41) is 0. The van der Waals surface area contributed by atoms with Crippen LogP contribution < -0.4 is 5.73 Å². The van der Waals surface area contributed by atoms with Gasteiger partial charge in [-0.25, -0.2) is 4.79 Å². The Hall–Kier alpha value is -1.26. The zero-order valence-electron chi connectivity index (χ0n) is 9.33. The molecule has 0 fully saturated rings. The summed E-state index contributed by atoms with van der Waals surface area (Å²) in [6.07, 6.45) is -0.566. The molecule has 0 aromatic carbocycles. The van der Waals surface area contributed by atoms with Gasteiger partial charge in [0, 0.05) is 7.05 Å². The number of primary amides is 1. The molecule has 2 amide bonds. The fourth-order valence-electron chi connectivity index (χ4n) is 1.45. The first-order chi connectivity index (χ1) is 6.21. The number of ether oxygens (including phenoxy) is 1. The van der Waals surface area contributed by atoms with E-state index in [4.69, 9.17) is 5.73 Å². The summed E-state index contributed by atoms with van der Waals surface area (Å²) < 4.78 is 4.52. The van der Waals surface area contributed by atoms with E-state index >= 15 is 0 Å². The standard InChI is InChI=1S/C9H18N2O3/c1-9(2,3)6(7(10)12)11(4)8(13)14-5/h6H,1-5H3,(H2,10,12). The SMILES string of the molecule is COC(=O)N(C)C(C(N)=O)C(C)(C)C. The maximum absolute atomic E-state index is 11.2. The Balaban J connectivity index is 4.85. The Kier molecular flexibility index (Phi) is 3.92. The lowest BCUT2D eigenvalue weighted by Crippen LogP contribution is -2.52. The van der Waals surface area contributed by atoms with Crippen LogP contribution in [0.25, 0.3) is 0 Å². The van der Waals surface area contributed by atoms with Crippen molar-refractivity contribution >= 4 is 12.0 Å². The Morgan fingerprint density at radius 3 is 2.00 bits per heavy atom. The van der Waals surface area contributed by atoms with Gasteiger partial charge >= 0.3 is 6.09 Å². The monoisotopic (exact) mass is 202 g/mol. The highest BCUT2D eigenvalue weighted by molar-refractivity contribution is 5.84. The zero-order chi connectivity index (χ0) is 11.5. The summed E-state index contributed by atoms with van der Waals surface area (Å²) in [7, 11) is 2.76. The van der Waals surface area contributed by atoms with E-state index in [0.717, 1.165) is 0 Å². The predicted octanol–water partition coefficient (Wildman–Crippen LogP) is 0.585. The minimum atomic E-state index is -0.671. The number of nitrogens with zero attached hydrogens (tertiary/aromatic N) is 1. The van der Waals surface area contributed by atoms with E-state index < -0.39 is 23.5 Å². The summed E-state index contributed by atoms with van der Waals surface area (Å²) >= 11 is 0. The van der Waals surface area contributed by atoms with Crippen LogP contribution in [0, 0.1) is 5.41 Å². The summed E-state index contributed by atoms with van der Waals surface area (Å²) in [6, 6.07) is -0.671. The van der Waals surface area contributed by atoms with Crippen LogP contribution >= 0.6 is 0 Å². The highest BCUT2D eigenvalue weighted by atomic mass is 16.5. The van der Waals surface area contributed by atoms with Crippen LogP contribution in [0.1, 0.15) is 20.8 Å². The molecule has 5 nitrogen and oxygen atoms in total. The van der Waals surface area contributed by atoms with E-state index in [1.54, 1.807) is 0 Å². The van der Waals surface area contributed by atoms with Gasteiger partial charge in [0.1, 0.15) is 6.04 Å². The molecule has 82 valence electrons. The molecule has 1 atom stereocenters. The number of nitrogens with two attached hydrogens (primary N) is 1. The molecule has 0 aliphatic heterocycles. The minimum absolute atomic E-state index is 0.408. The average Bonchev–Trinajstić information content (AvgIpc) is 1.99. The van der Waals surface area contributed by atoms with Gasteiger partial charge in [-0.15, -0.1) is 0 Å². The highest BCUT2D eigenvalue weighted by Crippen LogP contribution is 2.23. The quantitative estimate of drug-likeness (QED) is 0.712. The molecule has 0 spiro atoms. The number of carbonyl (C=O) groups excluding carboxylic acids is 2. The number of likely N-dealkylation sites (N-methyl/N-ethyl adjacent to an activating group) is 1. The molecule has 0 aliphatic carbocycles. The van der Waals surface area contributed by atoms with Gasteiger partial charge in [0.05, 0.1) is 7.11 Å². The van der Waals surface area contributed by atoms with Crippen LogP contribution in [0.5, 0.6) is 0 Å². The number of hydrogen-bond donors (Lipinski definition) is 1. The minimum Gasteiger partial charge on any atom is -0.453 e. The number of hydrogen-bond acceptors (Lipinski definition) is 3. The molecule has 0 aromatic heterocycles. The molecular weight excluding hydrogens is 184 g/mol. The number of amides is 2. The van der Waals surface area contributed by atoms with E-state index in [1.807, 2.05) is 20.8 Å². The van der Waals surface area contributed by atoms with Crippen LogP contribution in [0.15, 0.2) is 0 Å². The molecule has 0 saturated carbocycles. The van der Waals surface area contributed by atoms with Crippen molar-refractivity contribution in [2.75, 3.05) is 14.2 Å². The Labute approximate surface area is 84.2 Å². The molecule has 14 heavy (non-hydrogen) atoms. The Morgan fingerprint density at radius 1 is 1.36 bits per heavy atom. The second-order valence-corrected chi connectivity index (χ2v) is 4.25. The molecule has 0 rings (SSSR count). The number of carbonyl (C=O) groups is 2. The Bertz CT molecular complexity index is 233. The first kappa shape index (κ1) is 12.7. The molecule has 0 radical (unpaired) electrons. The van der Waals surface area contributed by atoms with Gasteiger partial charge in [0.15, 0.2) is 0 Å². The van der Waals surface area contributed by atoms with Crippen LogP contribution in [0.4, 0.5) is 4.79 Å². The molecule has 0 bridgehead atoms. The van der Waals surface area contributed by atoms with Crippen molar-refractivity contribution in [3.8, 4) is 0 Å². The Morgan fingerprint density at radius 2 is 1.79 bits per heavy atom. The van der Waals surface area contributed by atoms with E-state index in [-0.39, 0.29) is 0 Å². The number of rotatable bonds is 2. The first-order valence-electron chi connectivity index (χ1n) is 4.32. The molecule has 5 heteroatoms. The van der Waals surface area contributed by atoms with Gasteiger partial charge in [-0.2, -0.15) is 0 Å². The number of methoxy groups -OCH3 is 1. The van der Waals surface area contributed by atoms with Crippen LogP contribution in [-0.4, -0.2) is 37.1 Å². The van der Waals surface area contributed by atoms with Crippen LogP contribution in [0.2, 0.25) is 0 Å². The summed E-state index contributed by atoms with van der Waals surface area (Å²) in [5.41, 5.74) is 4.82. The topological polar surface area (TPSA) is 72.6 Å². The first-order valence-corrected chi connectivity index (χ1v) is 4.32. The van der Waals surface area contributed by atoms with Gasteiger partial charge < -0.3 is 10.5 Å². The molecule has 0 heterocycles. The average molecular weight is 202 g/mol. The third-order valence-electron chi connectivity index (χ3n) is 1.94. The normalized spacial score (nSPS) is 13.2. The van der Waals surface area contributed by atoms with Crippen molar-refractivity contribution in [2.24, 2.45) is 11.1 Å². The maximum Gasteiger partial charge on any atom is 0.409 e. The van der Waals surface area contributed by atoms with E-state index in [9.17, 15) is 9.59 Å². The third kappa shape index (κ3) is 2.90. The largest absolute Gasteiger partial charge is 0.453 e. The van der Waals surface area contributed by atoms with Gasteiger partial charge in [0.2, 0.25) is 5.91 Å². The fourth-order valence-corrected chi connectivity index (χ4v) is 1.45. The lowest BCUT2D eigenvalue weighted by molar-refractivity contribution is -0.125. The van der Waals surface area contributed by atoms with E-state index in [1.165, 1.54) is 19.1 Å². The van der Waals surface area contributed by atoms with Crippen molar-refractivity contribution in [3.05, 3.63) is 0 Å². The lowest BCUT2D eigenvalue weighted by Gasteiger charge is -2.34. The molecular formula is C9H18N2O3. The van der Waals surface area contributed by atoms with Crippen molar-refractivity contribution in [3.63, 3.8) is 0 Å². The lowest BCUT2D eigenvalue weighted by atomic mass is 9.85. The fraction of sp³-hybridized carbons (Fsp3) is 0.778. The molecule has 1 unspecified atom stereocenters. The van der Waals surface area contributed by atoms with Crippen molar-refractivity contribution < 1.29 is 14.3 Å². The van der Waals surface area contributed by atoms with E-state index in [0.29, 0.717) is 0 Å². The highest BCUT2D eigenvalue weighted by Gasteiger charge is 2.36. The van der Waals surface area contributed by atoms with Gasteiger partial charge in [-0.05, 0) is 5.41 Å². The summed E-state index contributed by atoms with van der Waals surface area (Å²) in [4.78, 5) is 23.6. The van der Waals surface area contributed by atoms with Crippen LogP contribution in [-0.2, 0) is 9.53 Å². The summed E-state index contributed by atoms with van der Waals surface area (Å²) in [5.74, 6) is -0.537. The van der Waals surface area contributed by atoms with Crippen LogP contribution in [0.3, 0.4) is 0 Å². The second-order valence-electron chi connectivity index (χ2n) is 4.25.